The van der Waals surface area contributed by atoms with Crippen molar-refractivity contribution < 1.29 is 18.0 Å². The predicted molar refractivity (Wildman–Crippen MR) is 84.7 cm³/mol. The first-order valence-electron chi connectivity index (χ1n) is 7.46. The van der Waals surface area contributed by atoms with E-state index in [1.807, 2.05) is 6.92 Å². The number of carbonyl (C=O) groups excluding carboxylic acids is 2. The molecule has 2 rings (SSSR count). The van der Waals surface area contributed by atoms with E-state index in [4.69, 9.17) is 5.73 Å². The van der Waals surface area contributed by atoms with Crippen LogP contribution >= 0.6 is 0 Å². The second kappa shape index (κ2) is 6.99. The van der Waals surface area contributed by atoms with Crippen LogP contribution in [-0.2, 0) is 21.4 Å². The zero-order chi connectivity index (χ0) is 17.0. The standard InChI is InChI=1S/C15H21N3O4S/c1-10(12-4-5-12)8-14(19)18-23(21,22)13-6-2-11(3-7-13)9-17-15(16)20/h2-3,6-7,10,12H,4-5,8-9H2,1H3,(H,18,19)(H3,16,17,20)/t10-/m1/s1. The van der Waals surface area contributed by atoms with Gasteiger partial charge in [-0.05, 0) is 42.4 Å². The number of hydrogen-bond donors (Lipinski definition) is 3. The first kappa shape index (κ1) is 17.3. The van der Waals surface area contributed by atoms with E-state index in [2.05, 4.69) is 10.0 Å². The van der Waals surface area contributed by atoms with Crippen LogP contribution in [0.5, 0.6) is 0 Å². The number of hydrogen-bond acceptors (Lipinski definition) is 4. The fraction of sp³-hybridized carbons (Fsp3) is 0.467. The average molecular weight is 339 g/mol. The molecule has 0 spiro atoms. The number of amides is 3. The molecule has 1 aliphatic rings. The van der Waals surface area contributed by atoms with E-state index >= 15 is 0 Å². The van der Waals surface area contributed by atoms with Gasteiger partial charge < -0.3 is 11.1 Å². The SMILES string of the molecule is C[C@H](CC(=O)NS(=O)(=O)c1ccc(CNC(N)=O)cc1)C1CC1. The summed E-state index contributed by atoms with van der Waals surface area (Å²) in [6, 6.07) is 5.23. The minimum Gasteiger partial charge on any atom is -0.352 e. The molecule has 1 fully saturated rings. The van der Waals surface area contributed by atoms with Crippen molar-refractivity contribution in [2.45, 2.75) is 37.6 Å². The average Bonchev–Trinajstić information content (AvgIpc) is 3.29. The first-order chi connectivity index (χ1) is 10.8. The van der Waals surface area contributed by atoms with Gasteiger partial charge in [0.15, 0.2) is 0 Å². The van der Waals surface area contributed by atoms with Crippen molar-refractivity contribution in [2.75, 3.05) is 0 Å². The molecule has 0 aromatic heterocycles. The van der Waals surface area contributed by atoms with E-state index in [1.54, 1.807) is 12.1 Å². The van der Waals surface area contributed by atoms with Gasteiger partial charge >= 0.3 is 6.03 Å². The molecule has 0 bridgehead atoms. The fourth-order valence-corrected chi connectivity index (χ4v) is 3.35. The summed E-state index contributed by atoms with van der Waals surface area (Å²) in [5.74, 6) is 0.261. The Kier molecular flexibility index (Phi) is 5.25. The van der Waals surface area contributed by atoms with Gasteiger partial charge in [0.1, 0.15) is 0 Å². The van der Waals surface area contributed by atoms with Crippen molar-refractivity contribution in [3.8, 4) is 0 Å². The molecule has 3 amide bonds. The summed E-state index contributed by atoms with van der Waals surface area (Å²) in [5, 5.41) is 2.41. The van der Waals surface area contributed by atoms with E-state index in [1.165, 1.54) is 12.1 Å². The molecule has 0 heterocycles. The summed E-state index contributed by atoms with van der Waals surface area (Å²) >= 11 is 0. The van der Waals surface area contributed by atoms with Crippen molar-refractivity contribution in [2.24, 2.45) is 17.6 Å². The third-order valence-electron chi connectivity index (χ3n) is 3.88. The van der Waals surface area contributed by atoms with E-state index < -0.39 is 22.0 Å². The Labute approximate surface area is 135 Å². The molecular weight excluding hydrogens is 318 g/mol. The van der Waals surface area contributed by atoms with Gasteiger partial charge in [-0.2, -0.15) is 0 Å². The number of nitrogens with one attached hydrogen (secondary N) is 2. The minimum absolute atomic E-state index is 0.00718. The van der Waals surface area contributed by atoms with Crippen LogP contribution < -0.4 is 15.8 Å². The second-order valence-electron chi connectivity index (χ2n) is 5.91. The lowest BCUT2D eigenvalue weighted by Gasteiger charge is -2.11. The van der Waals surface area contributed by atoms with Crippen molar-refractivity contribution in [1.29, 1.82) is 0 Å². The van der Waals surface area contributed by atoms with E-state index in [-0.39, 0.29) is 23.8 Å². The number of primary amides is 1. The number of nitrogens with two attached hydrogens (primary N) is 1. The van der Waals surface area contributed by atoms with Crippen molar-refractivity contribution in [3.05, 3.63) is 29.8 Å². The Balaban J connectivity index is 1.95. The van der Waals surface area contributed by atoms with E-state index in [0.29, 0.717) is 11.5 Å². The number of carbonyl (C=O) groups is 2. The Morgan fingerprint density at radius 3 is 2.39 bits per heavy atom. The van der Waals surface area contributed by atoms with Gasteiger partial charge in [-0.1, -0.05) is 19.1 Å². The highest BCUT2D eigenvalue weighted by molar-refractivity contribution is 7.90. The van der Waals surface area contributed by atoms with Crippen molar-refractivity contribution >= 4 is 22.0 Å². The summed E-state index contributed by atoms with van der Waals surface area (Å²) in [5.41, 5.74) is 5.67. The Morgan fingerprint density at radius 2 is 1.87 bits per heavy atom. The van der Waals surface area contributed by atoms with E-state index in [0.717, 1.165) is 12.8 Å². The van der Waals surface area contributed by atoms with Crippen LogP contribution in [-0.4, -0.2) is 20.4 Å². The molecule has 7 nitrogen and oxygen atoms in total. The molecule has 0 saturated heterocycles. The molecule has 0 radical (unpaired) electrons. The smallest absolute Gasteiger partial charge is 0.312 e. The molecule has 1 aliphatic carbocycles. The molecular formula is C15H21N3O4S. The minimum atomic E-state index is -3.87. The second-order valence-corrected chi connectivity index (χ2v) is 7.59. The highest BCUT2D eigenvalue weighted by atomic mass is 32.2. The molecule has 0 aliphatic heterocycles. The van der Waals surface area contributed by atoms with E-state index in [9.17, 15) is 18.0 Å². The normalized spacial score (nSPS) is 15.7. The summed E-state index contributed by atoms with van der Waals surface area (Å²) in [6.07, 6.45) is 2.44. The third-order valence-corrected chi connectivity index (χ3v) is 5.27. The van der Waals surface area contributed by atoms with Crippen LogP contribution in [0.1, 0.15) is 31.7 Å². The number of rotatable bonds is 7. The lowest BCUT2D eigenvalue weighted by molar-refractivity contribution is -0.120. The van der Waals surface area contributed by atoms with Crippen molar-refractivity contribution in [1.82, 2.24) is 10.0 Å². The highest BCUT2D eigenvalue weighted by Crippen LogP contribution is 2.38. The van der Waals surface area contributed by atoms with Gasteiger partial charge in [-0.15, -0.1) is 0 Å². The van der Waals surface area contributed by atoms with Gasteiger partial charge in [0, 0.05) is 13.0 Å². The maximum Gasteiger partial charge on any atom is 0.312 e. The van der Waals surface area contributed by atoms with Gasteiger partial charge in [0.2, 0.25) is 5.91 Å². The highest BCUT2D eigenvalue weighted by Gasteiger charge is 2.30. The largest absolute Gasteiger partial charge is 0.352 e. The molecule has 8 heteroatoms. The topological polar surface area (TPSA) is 118 Å². The quantitative estimate of drug-likeness (QED) is 0.689. The molecule has 1 aromatic rings. The van der Waals surface area contributed by atoms with Gasteiger partial charge in [0.05, 0.1) is 4.90 Å². The Bertz CT molecular complexity index is 681. The molecule has 4 N–H and O–H groups in total. The van der Waals surface area contributed by atoms with Crippen molar-refractivity contribution in [3.63, 3.8) is 0 Å². The number of sulfonamides is 1. The molecule has 1 saturated carbocycles. The summed E-state index contributed by atoms with van der Waals surface area (Å²) in [7, 11) is -3.87. The zero-order valence-corrected chi connectivity index (χ0v) is 13.7. The lowest BCUT2D eigenvalue weighted by Crippen LogP contribution is -2.32. The number of benzene rings is 1. The fourth-order valence-electron chi connectivity index (χ4n) is 2.35. The molecule has 0 unspecified atom stereocenters. The first-order valence-corrected chi connectivity index (χ1v) is 8.94. The summed E-state index contributed by atoms with van der Waals surface area (Å²) < 4.78 is 26.4. The molecule has 1 atom stereocenters. The monoisotopic (exact) mass is 339 g/mol. The van der Waals surface area contributed by atoms with Crippen LogP contribution in [0.4, 0.5) is 4.79 Å². The number of urea groups is 1. The van der Waals surface area contributed by atoms with Crippen LogP contribution in [0, 0.1) is 11.8 Å². The maximum absolute atomic E-state index is 12.2. The molecule has 1 aromatic carbocycles. The third kappa shape index (κ3) is 5.24. The molecule has 126 valence electrons. The predicted octanol–water partition coefficient (Wildman–Crippen LogP) is 1.10. The maximum atomic E-state index is 12.2. The van der Waals surface area contributed by atoms with Crippen LogP contribution in [0.15, 0.2) is 29.2 Å². The summed E-state index contributed by atoms with van der Waals surface area (Å²) in [6.45, 7) is 2.17. The Hall–Kier alpha value is -2.09. The van der Waals surface area contributed by atoms with Gasteiger partial charge in [-0.25, -0.2) is 17.9 Å². The lowest BCUT2D eigenvalue weighted by atomic mass is 10.0. The summed E-state index contributed by atoms with van der Waals surface area (Å²) in [4.78, 5) is 22.5. The zero-order valence-electron chi connectivity index (χ0n) is 12.9. The van der Waals surface area contributed by atoms with Crippen LogP contribution in [0.2, 0.25) is 0 Å². The van der Waals surface area contributed by atoms with Gasteiger partial charge in [-0.3, -0.25) is 4.79 Å². The molecule has 23 heavy (non-hydrogen) atoms. The van der Waals surface area contributed by atoms with Crippen LogP contribution in [0.25, 0.3) is 0 Å². The van der Waals surface area contributed by atoms with Crippen LogP contribution in [0.3, 0.4) is 0 Å². The van der Waals surface area contributed by atoms with Gasteiger partial charge in [0.25, 0.3) is 10.0 Å². The Morgan fingerprint density at radius 1 is 1.26 bits per heavy atom.